The topological polar surface area (TPSA) is 61.9 Å². The molecule has 2 amide bonds. The van der Waals surface area contributed by atoms with Crippen LogP contribution in [0.4, 0.5) is 0 Å². The summed E-state index contributed by atoms with van der Waals surface area (Å²) in [5.74, 6) is 0.208. The van der Waals surface area contributed by atoms with E-state index in [1.165, 1.54) is 11.1 Å². The summed E-state index contributed by atoms with van der Waals surface area (Å²) in [5.41, 5.74) is 2.43. The third-order valence-electron chi connectivity index (χ3n) is 5.52. The number of nitrogens with one attached hydrogen (secondary N) is 1. The lowest BCUT2D eigenvalue weighted by Crippen LogP contribution is -2.47. The van der Waals surface area contributed by atoms with Crippen LogP contribution >= 0.6 is 0 Å². The third-order valence-corrected chi connectivity index (χ3v) is 5.52. The van der Waals surface area contributed by atoms with Crippen LogP contribution in [0.1, 0.15) is 30.4 Å². The maximum absolute atomic E-state index is 12.3. The molecule has 0 aliphatic carbocycles. The Hall–Kier alpha value is -1.92. The molecule has 6 nitrogen and oxygen atoms in total. The van der Waals surface area contributed by atoms with Gasteiger partial charge in [0.2, 0.25) is 11.8 Å². The minimum Gasteiger partial charge on any atom is -0.375 e. The number of benzene rings is 1. The summed E-state index contributed by atoms with van der Waals surface area (Å²) in [7, 11) is 3.54. The van der Waals surface area contributed by atoms with Crippen LogP contribution < -0.4 is 5.32 Å². The number of hydrogen-bond donors (Lipinski definition) is 1. The molecule has 1 aromatic carbocycles. The fourth-order valence-electron chi connectivity index (χ4n) is 3.86. The highest BCUT2D eigenvalue weighted by atomic mass is 16.5. The molecule has 0 aromatic heterocycles. The quantitative estimate of drug-likeness (QED) is 0.818. The lowest BCUT2D eigenvalue weighted by atomic mass is 10.1. The van der Waals surface area contributed by atoms with Crippen LogP contribution in [0.2, 0.25) is 0 Å². The predicted octanol–water partition coefficient (Wildman–Crippen LogP) is 1.36. The van der Waals surface area contributed by atoms with E-state index in [0.717, 1.165) is 25.9 Å². The molecule has 2 aliphatic rings. The zero-order valence-corrected chi connectivity index (χ0v) is 16.6. The number of nitrogens with zero attached hydrogens (tertiary/aromatic N) is 2. The summed E-state index contributed by atoms with van der Waals surface area (Å²) < 4.78 is 5.88. The second kappa shape index (κ2) is 8.85. The fraction of sp³-hybridized carbons (Fsp3) is 0.619. The van der Waals surface area contributed by atoms with Crippen molar-refractivity contribution >= 4 is 11.8 Å². The van der Waals surface area contributed by atoms with Crippen molar-refractivity contribution in [3.05, 3.63) is 35.4 Å². The summed E-state index contributed by atoms with van der Waals surface area (Å²) in [6.45, 7) is 4.31. The largest absolute Gasteiger partial charge is 0.375 e. The normalized spacial score (nSPS) is 25.1. The smallest absolute Gasteiger partial charge is 0.224 e. The molecule has 3 rings (SSSR count). The van der Waals surface area contributed by atoms with Gasteiger partial charge in [-0.1, -0.05) is 29.8 Å². The van der Waals surface area contributed by atoms with Gasteiger partial charge in [-0.25, -0.2) is 0 Å². The Balaban J connectivity index is 1.42. The summed E-state index contributed by atoms with van der Waals surface area (Å²) >= 11 is 0. The lowest BCUT2D eigenvalue weighted by molar-refractivity contribution is -0.134. The van der Waals surface area contributed by atoms with E-state index in [2.05, 4.69) is 41.4 Å². The number of fused-ring (bicyclic) bond motifs is 1. The molecule has 148 valence electrons. The van der Waals surface area contributed by atoms with E-state index in [9.17, 15) is 9.59 Å². The van der Waals surface area contributed by atoms with Crippen LogP contribution in [0.15, 0.2) is 24.3 Å². The molecule has 1 aromatic rings. The van der Waals surface area contributed by atoms with Gasteiger partial charge in [-0.15, -0.1) is 0 Å². The number of carbonyl (C=O) groups excluding carboxylic acids is 2. The van der Waals surface area contributed by atoms with E-state index in [4.69, 9.17) is 4.74 Å². The second-order valence-electron chi connectivity index (χ2n) is 8.04. The lowest BCUT2D eigenvalue weighted by Gasteiger charge is -2.35. The number of amides is 2. The average molecular weight is 373 g/mol. The van der Waals surface area contributed by atoms with Gasteiger partial charge in [-0.05, 0) is 25.3 Å². The first-order valence-corrected chi connectivity index (χ1v) is 9.81. The highest BCUT2D eigenvalue weighted by molar-refractivity contribution is 5.76. The van der Waals surface area contributed by atoms with Crippen LogP contribution in [0.25, 0.3) is 0 Å². The molecule has 0 spiro atoms. The number of rotatable bonds is 6. The maximum Gasteiger partial charge on any atom is 0.224 e. The van der Waals surface area contributed by atoms with Gasteiger partial charge in [0, 0.05) is 45.7 Å². The van der Waals surface area contributed by atoms with Crippen molar-refractivity contribution in [1.29, 1.82) is 0 Å². The molecule has 2 heterocycles. The second-order valence-corrected chi connectivity index (χ2v) is 8.04. The van der Waals surface area contributed by atoms with Crippen molar-refractivity contribution < 1.29 is 14.3 Å². The van der Waals surface area contributed by atoms with Gasteiger partial charge in [0.15, 0.2) is 0 Å². The van der Waals surface area contributed by atoms with E-state index in [0.29, 0.717) is 25.5 Å². The Morgan fingerprint density at radius 2 is 1.96 bits per heavy atom. The number of carbonyl (C=O) groups is 2. The van der Waals surface area contributed by atoms with Crippen molar-refractivity contribution in [1.82, 2.24) is 15.1 Å². The van der Waals surface area contributed by atoms with Crippen LogP contribution in [0, 0.1) is 6.92 Å². The summed E-state index contributed by atoms with van der Waals surface area (Å²) in [6, 6.07) is 8.86. The van der Waals surface area contributed by atoms with Gasteiger partial charge >= 0.3 is 0 Å². The minimum atomic E-state index is -0.0489. The molecular weight excluding hydrogens is 342 g/mol. The number of aryl methyl sites for hydroxylation is 2. The molecule has 1 N–H and O–H groups in total. The SMILES string of the molecule is Cc1ccc(CCC(=O)N[C@@H]2C[C@H]3CO[C@@H](CC(=O)N(C)C)CN3C2)cc1. The number of ether oxygens (including phenoxy) is 1. The van der Waals surface area contributed by atoms with Crippen molar-refractivity contribution in [2.45, 2.75) is 50.8 Å². The first-order valence-electron chi connectivity index (χ1n) is 9.81. The van der Waals surface area contributed by atoms with Crippen molar-refractivity contribution in [3.63, 3.8) is 0 Å². The summed E-state index contributed by atoms with van der Waals surface area (Å²) in [4.78, 5) is 28.2. The highest BCUT2D eigenvalue weighted by Crippen LogP contribution is 2.24. The van der Waals surface area contributed by atoms with Gasteiger partial charge in [0.25, 0.3) is 0 Å². The first kappa shape index (κ1) is 19.8. The van der Waals surface area contributed by atoms with Gasteiger partial charge in [-0.2, -0.15) is 0 Å². The molecule has 0 saturated carbocycles. The number of hydrogen-bond acceptors (Lipinski definition) is 4. The summed E-state index contributed by atoms with van der Waals surface area (Å²) in [5, 5.41) is 3.18. The van der Waals surface area contributed by atoms with E-state index in [1.807, 2.05) is 0 Å². The van der Waals surface area contributed by atoms with E-state index >= 15 is 0 Å². The van der Waals surface area contributed by atoms with Crippen LogP contribution in [-0.4, -0.2) is 73.6 Å². The maximum atomic E-state index is 12.3. The average Bonchev–Trinajstić information content (AvgIpc) is 3.02. The van der Waals surface area contributed by atoms with Gasteiger partial charge in [0.05, 0.1) is 19.1 Å². The minimum absolute atomic E-state index is 0.0489. The monoisotopic (exact) mass is 373 g/mol. The van der Waals surface area contributed by atoms with Gasteiger partial charge in [0.1, 0.15) is 0 Å². The van der Waals surface area contributed by atoms with Gasteiger partial charge in [-0.3, -0.25) is 14.5 Å². The number of morpholine rings is 1. The zero-order valence-electron chi connectivity index (χ0n) is 16.6. The standard InChI is InChI=1S/C21H31N3O3/c1-15-4-6-16(7-5-15)8-9-20(25)22-17-10-18-14-27-19(13-24(18)12-17)11-21(26)23(2)3/h4-7,17-19H,8-14H2,1-3H3,(H,22,25)/t17-,18+,19+/m1/s1. The van der Waals surface area contributed by atoms with E-state index < -0.39 is 0 Å². The molecule has 27 heavy (non-hydrogen) atoms. The van der Waals surface area contributed by atoms with Crippen LogP contribution in [0.5, 0.6) is 0 Å². The van der Waals surface area contributed by atoms with Gasteiger partial charge < -0.3 is 15.0 Å². The molecule has 0 unspecified atom stereocenters. The fourth-order valence-corrected chi connectivity index (χ4v) is 3.86. The van der Waals surface area contributed by atoms with Crippen molar-refractivity contribution in [2.75, 3.05) is 33.8 Å². The molecule has 0 bridgehead atoms. The molecule has 6 heteroatoms. The molecule has 3 atom stereocenters. The molecular formula is C21H31N3O3. The van der Waals surface area contributed by atoms with E-state index in [-0.39, 0.29) is 24.0 Å². The Kier molecular flexibility index (Phi) is 6.50. The Labute approximate surface area is 161 Å². The molecule has 2 fully saturated rings. The zero-order chi connectivity index (χ0) is 19.4. The molecule has 2 saturated heterocycles. The van der Waals surface area contributed by atoms with Crippen LogP contribution in [0.3, 0.4) is 0 Å². The third kappa shape index (κ3) is 5.53. The predicted molar refractivity (Wildman–Crippen MR) is 104 cm³/mol. The Morgan fingerprint density at radius 3 is 2.67 bits per heavy atom. The summed E-state index contributed by atoms with van der Waals surface area (Å²) in [6.07, 6.45) is 2.57. The first-order chi connectivity index (χ1) is 12.9. The molecule has 0 radical (unpaired) electrons. The Bertz CT molecular complexity index is 659. The van der Waals surface area contributed by atoms with Crippen molar-refractivity contribution in [2.24, 2.45) is 0 Å². The highest BCUT2D eigenvalue weighted by Gasteiger charge is 2.38. The molecule has 2 aliphatic heterocycles. The van der Waals surface area contributed by atoms with Crippen LogP contribution in [-0.2, 0) is 20.7 Å². The van der Waals surface area contributed by atoms with E-state index in [1.54, 1.807) is 19.0 Å². The van der Waals surface area contributed by atoms with Crippen molar-refractivity contribution in [3.8, 4) is 0 Å². The Morgan fingerprint density at radius 1 is 1.22 bits per heavy atom.